The molecule has 0 radical (unpaired) electrons. The zero-order valence-electron chi connectivity index (χ0n) is 18.2. The van der Waals surface area contributed by atoms with Crippen molar-refractivity contribution in [2.75, 3.05) is 18.4 Å². The van der Waals surface area contributed by atoms with Gasteiger partial charge in [-0.25, -0.2) is 9.78 Å². The summed E-state index contributed by atoms with van der Waals surface area (Å²) in [4.78, 5) is 28.8. The van der Waals surface area contributed by atoms with E-state index >= 15 is 0 Å². The summed E-state index contributed by atoms with van der Waals surface area (Å²) in [5, 5.41) is 12.1. The van der Waals surface area contributed by atoms with E-state index in [1.807, 2.05) is 0 Å². The summed E-state index contributed by atoms with van der Waals surface area (Å²) in [5.41, 5.74) is 0.576. The number of carbonyl (C=O) groups excluding carboxylic acids is 1. The molecule has 2 heterocycles. The molecule has 1 aliphatic rings. The Kier molecular flexibility index (Phi) is 7.70. The normalized spacial score (nSPS) is 14.7. The van der Waals surface area contributed by atoms with Gasteiger partial charge in [-0.2, -0.15) is 8.42 Å². The maximum absolute atomic E-state index is 12.7. The van der Waals surface area contributed by atoms with Crippen LogP contribution in [0.5, 0.6) is 5.75 Å². The lowest BCUT2D eigenvalue weighted by Gasteiger charge is -2.29. The van der Waals surface area contributed by atoms with Gasteiger partial charge in [-0.3, -0.25) is 4.79 Å². The zero-order valence-corrected chi connectivity index (χ0v) is 21.4. The van der Waals surface area contributed by atoms with Crippen LogP contribution in [-0.2, 0) is 14.9 Å². The van der Waals surface area contributed by atoms with Crippen LogP contribution in [0.25, 0.3) is 10.2 Å². The van der Waals surface area contributed by atoms with Crippen LogP contribution in [-0.4, -0.2) is 48.5 Å². The Morgan fingerprint density at radius 3 is 2.51 bits per heavy atom. The lowest BCUT2D eigenvalue weighted by atomic mass is 9.92. The van der Waals surface area contributed by atoms with E-state index in [1.165, 1.54) is 46.6 Å². The van der Waals surface area contributed by atoms with Crippen molar-refractivity contribution in [1.82, 2.24) is 9.88 Å². The summed E-state index contributed by atoms with van der Waals surface area (Å²) in [6, 6.07) is 8.91. The molecule has 2 aromatic carbocycles. The second-order valence-electron chi connectivity index (χ2n) is 8.04. The summed E-state index contributed by atoms with van der Waals surface area (Å²) < 4.78 is 31.2. The van der Waals surface area contributed by atoms with E-state index in [0.29, 0.717) is 47.2 Å². The number of nitrogens with zero attached hydrogens (tertiary/aromatic N) is 2. The number of nitrogens with one attached hydrogen (secondary N) is 1. The van der Waals surface area contributed by atoms with E-state index in [0.717, 1.165) is 12.8 Å². The molecule has 0 spiro atoms. The van der Waals surface area contributed by atoms with E-state index < -0.39 is 16.2 Å². The number of amides is 2. The Morgan fingerprint density at radius 2 is 1.86 bits per heavy atom. The van der Waals surface area contributed by atoms with Crippen LogP contribution in [0.4, 0.5) is 9.93 Å². The number of hydrogen-bond donors (Lipinski definition) is 2. The highest BCUT2D eigenvalue weighted by Crippen LogP contribution is 2.34. The third-order valence-corrected chi connectivity index (χ3v) is 8.79. The van der Waals surface area contributed by atoms with Gasteiger partial charge in [0.25, 0.3) is 0 Å². The second-order valence-corrected chi connectivity index (χ2v) is 11.4. The van der Waals surface area contributed by atoms with Gasteiger partial charge in [0, 0.05) is 25.6 Å². The van der Waals surface area contributed by atoms with Gasteiger partial charge < -0.3 is 19.5 Å². The molecule has 1 saturated heterocycles. The predicted molar refractivity (Wildman–Crippen MR) is 134 cm³/mol. The first-order chi connectivity index (χ1) is 16.6. The molecule has 186 valence electrons. The molecular weight excluding hydrogens is 537 g/mol. The van der Waals surface area contributed by atoms with E-state index in [1.54, 1.807) is 6.07 Å². The highest BCUT2D eigenvalue weighted by atomic mass is 35.5. The Morgan fingerprint density at radius 1 is 1.17 bits per heavy atom. The minimum absolute atomic E-state index is 0.0474. The van der Waals surface area contributed by atoms with Gasteiger partial charge in [-0.15, -0.1) is 0 Å². The number of halogens is 2. The van der Waals surface area contributed by atoms with Gasteiger partial charge in [0.05, 0.1) is 20.3 Å². The number of hydrogen-bond acceptors (Lipinski definition) is 7. The van der Waals surface area contributed by atoms with Gasteiger partial charge in [0.2, 0.25) is 5.91 Å². The molecule has 1 aliphatic heterocycles. The fourth-order valence-corrected chi connectivity index (χ4v) is 6.76. The molecule has 13 heteroatoms. The van der Waals surface area contributed by atoms with E-state index in [4.69, 9.17) is 32.5 Å². The number of anilines is 1. The molecule has 0 bridgehead atoms. The fourth-order valence-electron chi connectivity index (χ4n) is 3.83. The third kappa shape index (κ3) is 6.16. The molecule has 1 aromatic heterocycles. The van der Waals surface area contributed by atoms with E-state index in [9.17, 15) is 18.0 Å². The predicted octanol–water partition coefficient (Wildman–Crippen LogP) is 5.48. The van der Waals surface area contributed by atoms with Crippen molar-refractivity contribution in [2.24, 2.45) is 5.92 Å². The molecule has 3 aromatic rings. The highest BCUT2D eigenvalue weighted by molar-refractivity contribution is 7.87. The van der Waals surface area contributed by atoms with Crippen LogP contribution in [0.2, 0.25) is 10.0 Å². The monoisotopic (exact) mass is 557 g/mol. The smallest absolute Gasteiger partial charge is 0.407 e. The SMILES string of the molecule is O=C(CCC1CCN(C(=O)O)CC1)Nc1nc2ccc(OS(=O)(=O)c3c(Cl)cccc3Cl)cc2s1. The minimum Gasteiger partial charge on any atom is -0.465 e. The average Bonchev–Trinajstić information content (AvgIpc) is 3.18. The maximum atomic E-state index is 12.7. The number of rotatable bonds is 7. The number of carboxylic acid groups (broad SMARTS) is 1. The molecule has 2 N–H and O–H groups in total. The first-order valence-corrected chi connectivity index (χ1v) is 13.7. The highest BCUT2D eigenvalue weighted by Gasteiger charge is 2.25. The molecule has 35 heavy (non-hydrogen) atoms. The molecule has 9 nitrogen and oxygen atoms in total. The van der Waals surface area contributed by atoms with Gasteiger partial charge in [-0.1, -0.05) is 40.6 Å². The van der Waals surface area contributed by atoms with Gasteiger partial charge in [-0.05, 0) is 49.4 Å². The number of aromatic nitrogens is 1. The molecule has 0 unspecified atom stereocenters. The lowest BCUT2D eigenvalue weighted by Crippen LogP contribution is -2.37. The van der Waals surface area contributed by atoms with Crippen LogP contribution in [0.3, 0.4) is 0 Å². The first kappa shape index (κ1) is 25.5. The molecule has 4 rings (SSSR count). The summed E-state index contributed by atoms with van der Waals surface area (Å²) in [6.45, 7) is 0.977. The van der Waals surface area contributed by atoms with Gasteiger partial charge >= 0.3 is 16.2 Å². The largest absolute Gasteiger partial charge is 0.465 e. The number of fused-ring (bicyclic) bond motifs is 1. The summed E-state index contributed by atoms with van der Waals surface area (Å²) in [7, 11) is -4.27. The quantitative estimate of drug-likeness (QED) is 0.368. The van der Waals surface area contributed by atoms with Crippen molar-refractivity contribution in [3.05, 3.63) is 46.4 Å². The molecule has 0 saturated carbocycles. The first-order valence-electron chi connectivity index (χ1n) is 10.7. The summed E-state index contributed by atoms with van der Waals surface area (Å²) >= 11 is 13.2. The van der Waals surface area contributed by atoms with Crippen molar-refractivity contribution >= 4 is 72.0 Å². The molecule has 1 fully saturated rings. The topological polar surface area (TPSA) is 126 Å². The van der Waals surface area contributed by atoms with Crippen molar-refractivity contribution in [1.29, 1.82) is 0 Å². The van der Waals surface area contributed by atoms with E-state index in [2.05, 4.69) is 10.3 Å². The van der Waals surface area contributed by atoms with Gasteiger partial charge in [0.15, 0.2) is 5.13 Å². The maximum Gasteiger partial charge on any atom is 0.407 e. The third-order valence-electron chi connectivity index (χ3n) is 5.65. The standard InChI is InChI=1S/C22H21Cl2N3O6S2/c23-15-2-1-3-16(24)20(15)35(31,32)33-14-5-6-17-18(12-14)34-21(25-17)26-19(28)7-4-13-8-10-27(11-9-13)22(29)30/h1-3,5-6,12-13H,4,7-11H2,(H,29,30)(H,25,26,28). The van der Waals surface area contributed by atoms with Crippen molar-refractivity contribution < 1.29 is 27.3 Å². The summed E-state index contributed by atoms with van der Waals surface area (Å²) in [6.07, 6.45) is 1.55. The number of carbonyl (C=O) groups is 2. The van der Waals surface area contributed by atoms with Crippen molar-refractivity contribution in [3.8, 4) is 5.75 Å². The fraction of sp³-hybridized carbons (Fsp3) is 0.318. The molecule has 0 atom stereocenters. The van der Waals surface area contributed by atoms with Crippen LogP contribution >= 0.6 is 34.5 Å². The van der Waals surface area contributed by atoms with Gasteiger partial charge in [0.1, 0.15) is 10.6 Å². The van der Waals surface area contributed by atoms with Crippen molar-refractivity contribution in [2.45, 2.75) is 30.6 Å². The van der Waals surface area contributed by atoms with Crippen LogP contribution in [0.1, 0.15) is 25.7 Å². The Labute approximate surface area is 215 Å². The average molecular weight is 558 g/mol. The number of likely N-dealkylation sites (tertiary alicyclic amines) is 1. The van der Waals surface area contributed by atoms with Crippen LogP contribution < -0.4 is 9.50 Å². The molecular formula is C22H21Cl2N3O6S2. The van der Waals surface area contributed by atoms with Crippen LogP contribution in [0.15, 0.2) is 41.3 Å². The number of thiazole rings is 1. The Balaban J connectivity index is 1.37. The zero-order chi connectivity index (χ0) is 25.2. The number of benzene rings is 2. The lowest BCUT2D eigenvalue weighted by molar-refractivity contribution is -0.116. The van der Waals surface area contributed by atoms with Crippen molar-refractivity contribution in [3.63, 3.8) is 0 Å². The number of piperidine rings is 1. The van der Waals surface area contributed by atoms with Crippen LogP contribution in [0, 0.1) is 5.92 Å². The minimum atomic E-state index is -4.27. The Hall–Kier alpha value is -2.60. The Bertz CT molecular complexity index is 1350. The molecule has 0 aliphatic carbocycles. The molecule has 2 amide bonds. The second kappa shape index (κ2) is 10.6. The summed E-state index contributed by atoms with van der Waals surface area (Å²) in [5.74, 6) is 0.180. The van der Waals surface area contributed by atoms with E-state index in [-0.39, 0.29) is 26.6 Å².